The van der Waals surface area contributed by atoms with Gasteiger partial charge in [-0.25, -0.2) is 0 Å². The van der Waals surface area contributed by atoms with Crippen LogP contribution in [-0.4, -0.2) is 34.6 Å². The lowest BCUT2D eigenvalue weighted by Crippen LogP contribution is -2.52. The van der Waals surface area contributed by atoms with Crippen molar-refractivity contribution in [1.82, 2.24) is 10.2 Å². The molecule has 2 amide bonds. The van der Waals surface area contributed by atoms with Gasteiger partial charge >= 0.3 is 0 Å². The Morgan fingerprint density at radius 3 is 2.14 bits per heavy atom. The average Bonchev–Trinajstić information content (AvgIpc) is 2.85. The number of hydrogen-bond donors (Lipinski definition) is 1. The summed E-state index contributed by atoms with van der Waals surface area (Å²) >= 11 is 26.5. The second-order valence-electron chi connectivity index (χ2n) is 8.83. The first-order chi connectivity index (χ1) is 17.7. The van der Waals surface area contributed by atoms with E-state index in [0.717, 1.165) is 11.1 Å². The quantitative estimate of drug-likeness (QED) is 0.246. The molecule has 196 valence electrons. The van der Waals surface area contributed by atoms with E-state index in [1.54, 1.807) is 35.2 Å². The van der Waals surface area contributed by atoms with Crippen LogP contribution in [0, 0.1) is 0 Å². The van der Waals surface area contributed by atoms with Gasteiger partial charge in [-0.05, 0) is 49.2 Å². The van der Waals surface area contributed by atoms with Gasteiger partial charge in [-0.2, -0.15) is 0 Å². The number of hydrogen-bond acceptors (Lipinski definition) is 3. The Bertz CT molecular complexity index is 1200. The number of halogens is 4. The van der Waals surface area contributed by atoms with Gasteiger partial charge in [-0.3, -0.25) is 9.59 Å². The van der Waals surface area contributed by atoms with Crippen molar-refractivity contribution in [2.24, 2.45) is 0 Å². The molecule has 0 aromatic heterocycles. The summed E-state index contributed by atoms with van der Waals surface area (Å²) in [7, 11) is 0. The molecule has 0 aliphatic heterocycles. The van der Waals surface area contributed by atoms with Gasteiger partial charge in [-0.1, -0.05) is 88.9 Å². The lowest BCUT2D eigenvalue weighted by molar-refractivity contribution is -0.139. The van der Waals surface area contributed by atoms with Gasteiger partial charge in [-0.15, -0.1) is 11.8 Å². The summed E-state index contributed by atoms with van der Waals surface area (Å²) in [4.78, 5) is 28.7. The molecular formula is C28H28Cl4N2O2S. The highest BCUT2D eigenvalue weighted by Gasteiger charge is 2.31. The molecule has 3 rings (SSSR count). The molecular weight excluding hydrogens is 570 g/mol. The van der Waals surface area contributed by atoms with Crippen LogP contribution in [0.25, 0.3) is 0 Å². The smallest absolute Gasteiger partial charge is 0.243 e. The highest BCUT2D eigenvalue weighted by Crippen LogP contribution is 2.28. The number of nitrogens with one attached hydrogen (secondary N) is 1. The summed E-state index contributed by atoms with van der Waals surface area (Å²) < 4.78 is 0. The molecule has 9 heteroatoms. The third kappa shape index (κ3) is 8.83. The SMILES string of the molecule is CC(C)NC(=O)C(Cc1ccccc1)N(Cc1c(Cl)cccc1Cl)C(=O)CSCc1ccc(Cl)c(Cl)c1. The van der Waals surface area contributed by atoms with E-state index in [4.69, 9.17) is 46.4 Å². The Balaban J connectivity index is 1.89. The van der Waals surface area contributed by atoms with Crippen molar-refractivity contribution in [3.8, 4) is 0 Å². The van der Waals surface area contributed by atoms with Gasteiger partial charge in [0.25, 0.3) is 0 Å². The molecule has 3 aromatic rings. The second kappa shape index (κ2) is 14.3. The van der Waals surface area contributed by atoms with Gasteiger partial charge in [0, 0.05) is 40.4 Å². The fourth-order valence-corrected chi connectivity index (χ4v) is 5.45. The van der Waals surface area contributed by atoms with Crippen molar-refractivity contribution in [3.05, 3.63) is 104 Å². The average molecular weight is 598 g/mol. The number of thioether (sulfide) groups is 1. The molecule has 3 aromatic carbocycles. The molecule has 1 atom stereocenters. The Hall–Kier alpha value is -1.89. The fraction of sp³-hybridized carbons (Fsp3) is 0.286. The minimum Gasteiger partial charge on any atom is -0.352 e. The third-order valence-corrected chi connectivity index (χ3v) is 8.01. The summed E-state index contributed by atoms with van der Waals surface area (Å²) in [6.07, 6.45) is 0.352. The van der Waals surface area contributed by atoms with Gasteiger partial charge in [0.15, 0.2) is 0 Å². The van der Waals surface area contributed by atoms with Gasteiger partial charge < -0.3 is 10.2 Å². The first kappa shape index (κ1) is 29.7. The molecule has 0 bridgehead atoms. The van der Waals surface area contributed by atoms with Gasteiger partial charge in [0.1, 0.15) is 6.04 Å². The van der Waals surface area contributed by atoms with Crippen molar-refractivity contribution in [1.29, 1.82) is 0 Å². The first-order valence-electron chi connectivity index (χ1n) is 11.7. The van der Waals surface area contributed by atoms with E-state index in [2.05, 4.69) is 5.32 Å². The summed E-state index contributed by atoms with van der Waals surface area (Å²) in [5.74, 6) is 0.290. The zero-order valence-electron chi connectivity index (χ0n) is 20.5. The molecule has 37 heavy (non-hydrogen) atoms. The molecule has 0 radical (unpaired) electrons. The Labute approximate surface area is 242 Å². The van der Waals surface area contributed by atoms with E-state index in [9.17, 15) is 9.59 Å². The molecule has 0 fully saturated rings. The van der Waals surface area contributed by atoms with E-state index in [1.165, 1.54) is 11.8 Å². The fourth-order valence-electron chi connectivity index (χ4n) is 3.76. The summed E-state index contributed by atoms with van der Waals surface area (Å²) in [6, 6.07) is 19.4. The number of carbonyl (C=O) groups is 2. The van der Waals surface area contributed by atoms with Gasteiger partial charge in [0.2, 0.25) is 11.8 Å². The predicted octanol–water partition coefficient (Wildman–Crippen LogP) is 7.70. The number of carbonyl (C=O) groups excluding carboxylic acids is 2. The van der Waals surface area contributed by atoms with Crippen LogP contribution in [0.3, 0.4) is 0 Å². The lowest BCUT2D eigenvalue weighted by Gasteiger charge is -2.32. The summed E-state index contributed by atoms with van der Waals surface area (Å²) in [5, 5.41) is 4.80. The number of nitrogens with zero attached hydrogens (tertiary/aromatic N) is 1. The van der Waals surface area contributed by atoms with E-state index >= 15 is 0 Å². The molecule has 1 N–H and O–H groups in total. The van der Waals surface area contributed by atoms with Crippen LogP contribution < -0.4 is 5.32 Å². The van der Waals surface area contributed by atoms with Crippen LogP contribution in [0.15, 0.2) is 66.7 Å². The van der Waals surface area contributed by atoms with Crippen molar-refractivity contribution < 1.29 is 9.59 Å². The van der Waals surface area contributed by atoms with Crippen LogP contribution in [0.4, 0.5) is 0 Å². The monoisotopic (exact) mass is 596 g/mol. The maximum atomic E-state index is 13.7. The highest BCUT2D eigenvalue weighted by molar-refractivity contribution is 7.99. The molecule has 0 aliphatic carbocycles. The topological polar surface area (TPSA) is 49.4 Å². The Morgan fingerprint density at radius 1 is 0.838 bits per heavy atom. The van der Waals surface area contributed by atoms with Crippen LogP contribution >= 0.6 is 58.2 Å². The number of benzene rings is 3. The van der Waals surface area contributed by atoms with Crippen molar-refractivity contribution in [3.63, 3.8) is 0 Å². The van der Waals surface area contributed by atoms with Crippen LogP contribution in [-0.2, 0) is 28.3 Å². The maximum absolute atomic E-state index is 13.7. The Kier molecular flexibility index (Phi) is 11.5. The van der Waals surface area contributed by atoms with E-state index in [1.807, 2.05) is 50.2 Å². The predicted molar refractivity (Wildman–Crippen MR) is 157 cm³/mol. The largest absolute Gasteiger partial charge is 0.352 e. The molecule has 0 saturated heterocycles. The van der Waals surface area contributed by atoms with Crippen molar-refractivity contribution in [2.75, 3.05) is 5.75 Å². The minimum atomic E-state index is -0.754. The van der Waals surface area contributed by atoms with Crippen molar-refractivity contribution >= 4 is 70.0 Å². The number of amides is 2. The molecule has 1 unspecified atom stereocenters. The van der Waals surface area contributed by atoms with E-state index in [0.29, 0.717) is 37.8 Å². The maximum Gasteiger partial charge on any atom is 0.243 e. The molecule has 0 heterocycles. The normalized spacial score (nSPS) is 11.9. The molecule has 4 nitrogen and oxygen atoms in total. The van der Waals surface area contributed by atoms with Crippen LogP contribution in [0.1, 0.15) is 30.5 Å². The minimum absolute atomic E-state index is 0.0874. The summed E-state index contributed by atoms with van der Waals surface area (Å²) in [6.45, 7) is 3.89. The summed E-state index contributed by atoms with van der Waals surface area (Å²) in [5.41, 5.74) is 2.49. The standard InChI is InChI=1S/C28H28Cl4N2O2S/c1-18(2)33-28(36)26(14-19-7-4-3-5-8-19)34(15-21-22(29)9-6-10-23(21)30)27(35)17-37-16-20-11-12-24(31)25(32)13-20/h3-13,18,26H,14-17H2,1-2H3,(H,33,36). The van der Waals surface area contributed by atoms with Gasteiger partial charge in [0.05, 0.1) is 15.8 Å². The van der Waals surface area contributed by atoms with E-state index in [-0.39, 0.29) is 30.2 Å². The first-order valence-corrected chi connectivity index (χ1v) is 14.4. The van der Waals surface area contributed by atoms with E-state index < -0.39 is 6.04 Å². The zero-order chi connectivity index (χ0) is 26.9. The van der Waals surface area contributed by atoms with Crippen molar-refractivity contribution in [2.45, 2.75) is 44.6 Å². The zero-order valence-corrected chi connectivity index (χ0v) is 24.4. The third-order valence-electron chi connectivity index (χ3n) is 5.57. The highest BCUT2D eigenvalue weighted by atomic mass is 35.5. The Morgan fingerprint density at radius 2 is 1.51 bits per heavy atom. The molecule has 0 aliphatic rings. The van der Waals surface area contributed by atoms with Crippen LogP contribution in [0.5, 0.6) is 0 Å². The lowest BCUT2D eigenvalue weighted by atomic mass is 10.0. The molecule has 0 spiro atoms. The second-order valence-corrected chi connectivity index (χ2v) is 11.4. The molecule has 0 saturated carbocycles. The van der Waals surface area contributed by atoms with Crippen LogP contribution in [0.2, 0.25) is 20.1 Å². The number of rotatable bonds is 11.